The number of hydrogen-bond donors (Lipinski definition) is 2. The van der Waals surface area contributed by atoms with Crippen molar-refractivity contribution in [2.24, 2.45) is 0 Å². The van der Waals surface area contributed by atoms with Gasteiger partial charge in [-0.1, -0.05) is 6.07 Å². The summed E-state index contributed by atoms with van der Waals surface area (Å²) in [7, 11) is 0.500. The summed E-state index contributed by atoms with van der Waals surface area (Å²) < 4.78 is 29.5. The Bertz CT molecular complexity index is 1230. The van der Waals surface area contributed by atoms with Gasteiger partial charge >= 0.3 is 0 Å². The standard InChI is InChI=1S/C22H21FN6O3.CH3F/c1-12-21(24-8-13(10-30)26-12)32-14-7-22(2)11-25-20-18(29(22)9-14)6-17(27-28-20)15-4-3-5-16(23)19(15)31;1-2/h3-6,8,10,14,31H,7,9,11H2,1-2H3,(H,25,28);1H3. The molecule has 2 unspecified atom stereocenters. The highest BCUT2D eigenvalue weighted by Gasteiger charge is 2.47. The number of nitrogens with zero attached hydrogens (tertiary/aromatic N) is 5. The second-order valence-corrected chi connectivity index (χ2v) is 8.31. The molecule has 11 heteroatoms. The number of rotatable bonds is 4. The molecule has 2 aliphatic rings. The van der Waals surface area contributed by atoms with Crippen LogP contribution in [0.25, 0.3) is 11.3 Å². The van der Waals surface area contributed by atoms with Crippen molar-refractivity contribution in [1.29, 1.82) is 0 Å². The highest BCUT2D eigenvalue weighted by Crippen LogP contribution is 2.43. The maximum Gasteiger partial charge on any atom is 0.235 e. The van der Waals surface area contributed by atoms with E-state index >= 15 is 0 Å². The molecule has 4 heterocycles. The third-order valence-corrected chi connectivity index (χ3v) is 5.99. The fraction of sp³-hybridized carbons (Fsp3) is 0.348. The van der Waals surface area contributed by atoms with Crippen LogP contribution < -0.4 is 15.0 Å². The Morgan fingerprint density at radius 1 is 1.32 bits per heavy atom. The number of carbonyl (C=O) groups is 1. The van der Waals surface area contributed by atoms with Crippen LogP contribution in [0.4, 0.5) is 20.3 Å². The molecule has 0 aliphatic carbocycles. The first-order chi connectivity index (χ1) is 16.4. The topological polar surface area (TPSA) is 113 Å². The molecule has 1 saturated heterocycles. The van der Waals surface area contributed by atoms with Gasteiger partial charge in [-0.2, -0.15) is 0 Å². The van der Waals surface area contributed by atoms with Crippen molar-refractivity contribution >= 4 is 17.8 Å². The molecular formula is C23H24F2N6O3. The monoisotopic (exact) mass is 470 g/mol. The molecule has 2 aliphatic heterocycles. The van der Waals surface area contributed by atoms with E-state index in [0.29, 0.717) is 49.6 Å². The normalized spacial score (nSPS) is 20.4. The molecule has 0 bridgehead atoms. The maximum absolute atomic E-state index is 13.9. The first-order valence-corrected chi connectivity index (χ1v) is 10.6. The fourth-order valence-corrected chi connectivity index (χ4v) is 4.39. The number of hydrogen-bond acceptors (Lipinski definition) is 9. The molecule has 1 fully saturated rings. The number of aromatic hydroxyl groups is 1. The number of para-hydroxylation sites is 1. The molecule has 34 heavy (non-hydrogen) atoms. The summed E-state index contributed by atoms with van der Waals surface area (Å²) in [6.07, 6.45) is 2.60. The SMILES string of the molecule is CF.Cc1nc(C=O)cnc1OC1CN2c3cc(-c4cccc(F)c4O)nnc3NCC2(C)C1. The van der Waals surface area contributed by atoms with Gasteiger partial charge in [0.05, 0.1) is 36.8 Å². The van der Waals surface area contributed by atoms with Crippen LogP contribution in [0, 0.1) is 12.7 Å². The Balaban J connectivity index is 0.00000133. The molecule has 0 spiro atoms. The van der Waals surface area contributed by atoms with Crippen LogP contribution in [0.2, 0.25) is 0 Å². The Morgan fingerprint density at radius 3 is 2.85 bits per heavy atom. The van der Waals surface area contributed by atoms with Crippen molar-refractivity contribution in [2.45, 2.75) is 31.9 Å². The number of phenols is 1. The second kappa shape index (κ2) is 9.16. The number of halogens is 2. The van der Waals surface area contributed by atoms with Gasteiger partial charge in [0, 0.05) is 18.5 Å². The number of phenolic OH excluding ortho intramolecular Hbond substituents is 1. The predicted octanol–water partition coefficient (Wildman–Crippen LogP) is 3.33. The summed E-state index contributed by atoms with van der Waals surface area (Å²) in [6, 6.07) is 6.11. The van der Waals surface area contributed by atoms with Crippen LogP contribution in [0.1, 0.15) is 29.5 Å². The minimum absolute atomic E-state index is 0.165. The van der Waals surface area contributed by atoms with Gasteiger partial charge < -0.3 is 20.1 Å². The number of carbonyl (C=O) groups excluding carboxylic acids is 1. The molecule has 1 aromatic carbocycles. The number of aromatic nitrogens is 4. The minimum Gasteiger partial charge on any atom is -0.504 e. The van der Waals surface area contributed by atoms with E-state index in [1.807, 2.05) is 0 Å². The van der Waals surface area contributed by atoms with E-state index in [9.17, 15) is 18.7 Å². The Hall–Kier alpha value is -3.89. The molecule has 2 N–H and O–H groups in total. The minimum atomic E-state index is -0.711. The molecule has 0 saturated carbocycles. The summed E-state index contributed by atoms with van der Waals surface area (Å²) in [5.41, 5.74) is 2.01. The van der Waals surface area contributed by atoms with Crippen LogP contribution in [0.3, 0.4) is 0 Å². The smallest absolute Gasteiger partial charge is 0.235 e. The third-order valence-electron chi connectivity index (χ3n) is 5.99. The largest absolute Gasteiger partial charge is 0.504 e. The summed E-state index contributed by atoms with van der Waals surface area (Å²) >= 11 is 0. The lowest BCUT2D eigenvalue weighted by atomic mass is 9.95. The van der Waals surface area contributed by atoms with Gasteiger partial charge in [-0.25, -0.2) is 14.4 Å². The summed E-state index contributed by atoms with van der Waals surface area (Å²) in [5, 5.41) is 21.9. The molecule has 0 amide bonds. The van der Waals surface area contributed by atoms with Crippen LogP contribution in [0.15, 0.2) is 30.5 Å². The highest BCUT2D eigenvalue weighted by molar-refractivity contribution is 5.77. The van der Waals surface area contributed by atoms with Gasteiger partial charge in [0.25, 0.3) is 0 Å². The van der Waals surface area contributed by atoms with Gasteiger partial charge in [-0.3, -0.25) is 9.18 Å². The second-order valence-electron chi connectivity index (χ2n) is 8.31. The quantitative estimate of drug-likeness (QED) is 0.554. The number of benzene rings is 1. The maximum atomic E-state index is 13.9. The Kier molecular flexibility index (Phi) is 6.27. The lowest BCUT2D eigenvalue weighted by Gasteiger charge is -2.41. The number of alkyl halides is 1. The zero-order valence-electron chi connectivity index (χ0n) is 18.9. The lowest BCUT2D eigenvalue weighted by Crippen LogP contribution is -2.50. The number of aryl methyl sites for hydroxylation is 1. The van der Waals surface area contributed by atoms with E-state index < -0.39 is 11.6 Å². The average molecular weight is 470 g/mol. The van der Waals surface area contributed by atoms with Crippen molar-refractivity contribution in [2.75, 3.05) is 30.5 Å². The average Bonchev–Trinajstić information content (AvgIpc) is 3.19. The Labute approximate surface area is 194 Å². The van der Waals surface area contributed by atoms with E-state index in [-0.39, 0.29) is 22.9 Å². The number of fused-ring (bicyclic) bond motifs is 3. The van der Waals surface area contributed by atoms with Gasteiger partial charge in [-0.15, -0.1) is 10.2 Å². The third kappa shape index (κ3) is 4.09. The zero-order valence-corrected chi connectivity index (χ0v) is 18.9. The first kappa shape index (κ1) is 23.3. The summed E-state index contributed by atoms with van der Waals surface area (Å²) in [4.78, 5) is 21.5. The number of aldehydes is 1. The van der Waals surface area contributed by atoms with Crippen LogP contribution in [-0.4, -0.2) is 63.5 Å². The van der Waals surface area contributed by atoms with Gasteiger partial charge in [0.1, 0.15) is 17.5 Å². The number of nitrogens with one attached hydrogen (secondary N) is 1. The van der Waals surface area contributed by atoms with Crippen molar-refractivity contribution in [3.05, 3.63) is 47.7 Å². The van der Waals surface area contributed by atoms with E-state index in [4.69, 9.17) is 4.74 Å². The van der Waals surface area contributed by atoms with E-state index in [1.165, 1.54) is 18.3 Å². The summed E-state index contributed by atoms with van der Waals surface area (Å²) in [6.45, 7) is 5.10. The molecule has 9 nitrogen and oxygen atoms in total. The van der Waals surface area contributed by atoms with Gasteiger partial charge in [-0.05, 0) is 32.0 Å². The molecule has 0 radical (unpaired) electrons. The number of ether oxygens (including phenoxy) is 1. The molecule has 2 atom stereocenters. The van der Waals surface area contributed by atoms with Crippen LogP contribution >= 0.6 is 0 Å². The van der Waals surface area contributed by atoms with Crippen LogP contribution in [-0.2, 0) is 0 Å². The lowest BCUT2D eigenvalue weighted by molar-refractivity contribution is 0.111. The van der Waals surface area contributed by atoms with E-state index in [2.05, 4.69) is 37.3 Å². The summed E-state index contributed by atoms with van der Waals surface area (Å²) in [5.74, 6) is -0.148. The molecular weight excluding hydrogens is 446 g/mol. The number of anilines is 2. The fourth-order valence-electron chi connectivity index (χ4n) is 4.39. The molecule has 5 rings (SSSR count). The van der Waals surface area contributed by atoms with Crippen molar-refractivity contribution in [1.82, 2.24) is 20.2 Å². The zero-order chi connectivity index (χ0) is 24.5. The Morgan fingerprint density at radius 2 is 2.12 bits per heavy atom. The van der Waals surface area contributed by atoms with Crippen LogP contribution in [0.5, 0.6) is 11.6 Å². The van der Waals surface area contributed by atoms with Gasteiger partial charge in [0.15, 0.2) is 23.7 Å². The molecule has 2 aromatic heterocycles. The highest BCUT2D eigenvalue weighted by atomic mass is 19.1. The van der Waals surface area contributed by atoms with Crippen molar-refractivity contribution < 1.29 is 23.4 Å². The van der Waals surface area contributed by atoms with Crippen molar-refractivity contribution in [3.8, 4) is 22.9 Å². The first-order valence-electron chi connectivity index (χ1n) is 10.6. The van der Waals surface area contributed by atoms with Crippen molar-refractivity contribution in [3.63, 3.8) is 0 Å². The molecule has 3 aromatic rings. The van der Waals surface area contributed by atoms with E-state index in [0.717, 1.165) is 12.1 Å². The van der Waals surface area contributed by atoms with Gasteiger partial charge in [0.2, 0.25) is 5.88 Å². The molecule has 178 valence electrons. The predicted molar refractivity (Wildman–Crippen MR) is 122 cm³/mol. The van der Waals surface area contributed by atoms with E-state index in [1.54, 1.807) is 19.1 Å².